The highest BCUT2D eigenvalue weighted by Crippen LogP contribution is 2.56. The molecule has 0 N–H and O–H groups in total. The summed E-state index contributed by atoms with van der Waals surface area (Å²) in [5.74, 6) is 0. The molecule has 1 saturated heterocycles. The van der Waals surface area contributed by atoms with Gasteiger partial charge in [0.25, 0.3) is 0 Å². The Morgan fingerprint density at radius 1 is 1.36 bits per heavy atom. The molecule has 0 unspecified atom stereocenters. The molecule has 1 aliphatic rings. The third-order valence-corrected chi connectivity index (χ3v) is 6.43. The number of hydrogen-bond donors (Lipinski definition) is 0. The van der Waals surface area contributed by atoms with E-state index in [0.29, 0.717) is 0 Å². The molecule has 120 valence electrons. The maximum atomic E-state index is 12.7. The van der Waals surface area contributed by atoms with Crippen molar-refractivity contribution in [1.29, 1.82) is 5.26 Å². The number of rotatable bonds is 7. The van der Waals surface area contributed by atoms with Crippen LogP contribution in [-0.2, 0) is 13.6 Å². The summed E-state index contributed by atoms with van der Waals surface area (Å²) in [4.78, 5) is 3.22. The quantitative estimate of drug-likeness (QED) is 0.541. The number of allylic oxidation sites excluding steroid dienone is 1. The van der Waals surface area contributed by atoms with Gasteiger partial charge in [0, 0.05) is 18.0 Å². The molecule has 1 fully saturated rings. The average molecular weight is 340 g/mol. The monoisotopic (exact) mass is 340 g/mol. The van der Waals surface area contributed by atoms with Crippen LogP contribution in [0, 0.1) is 11.3 Å². The number of anilines is 1. The predicted molar refractivity (Wildman–Crippen MR) is 90.2 cm³/mol. The summed E-state index contributed by atoms with van der Waals surface area (Å²) in [6, 6.07) is 5.97. The van der Waals surface area contributed by atoms with Crippen LogP contribution in [0.25, 0.3) is 6.08 Å². The van der Waals surface area contributed by atoms with Crippen LogP contribution >= 0.6 is 18.9 Å². The summed E-state index contributed by atoms with van der Waals surface area (Å²) in [6.07, 6.45) is 4.06. The first kappa shape index (κ1) is 17.2. The lowest BCUT2D eigenvalue weighted by atomic mass is 10.4. The Labute approximate surface area is 135 Å². The standard InChI is InChI=1S/C15H21N2O3PS/c1-3-19-21(18,20-4-2)13(12-16)11-14-7-8-15(22-14)17-9-5-6-10-17/h7-8,11H,3-6,9-10H2,1-2H3/b13-11+. The fourth-order valence-corrected chi connectivity index (χ4v) is 4.89. The normalized spacial score (nSPS) is 16.0. The fourth-order valence-electron chi connectivity index (χ4n) is 2.35. The van der Waals surface area contributed by atoms with Crippen molar-refractivity contribution in [3.05, 3.63) is 22.3 Å². The van der Waals surface area contributed by atoms with Crippen LogP contribution in [-0.4, -0.2) is 26.3 Å². The van der Waals surface area contributed by atoms with Crippen LogP contribution in [0.2, 0.25) is 0 Å². The Kier molecular flexibility index (Phi) is 6.22. The van der Waals surface area contributed by atoms with E-state index in [4.69, 9.17) is 9.05 Å². The first-order chi connectivity index (χ1) is 10.6. The molecule has 0 amide bonds. The number of hydrogen-bond acceptors (Lipinski definition) is 6. The minimum Gasteiger partial charge on any atom is -0.363 e. The van der Waals surface area contributed by atoms with Crippen molar-refractivity contribution in [1.82, 2.24) is 0 Å². The van der Waals surface area contributed by atoms with Gasteiger partial charge in [0.2, 0.25) is 0 Å². The Morgan fingerprint density at radius 2 is 2.00 bits per heavy atom. The van der Waals surface area contributed by atoms with Crippen LogP contribution in [0.15, 0.2) is 17.4 Å². The number of nitrogens with zero attached hydrogens (tertiary/aromatic N) is 2. The van der Waals surface area contributed by atoms with Crippen LogP contribution in [0.1, 0.15) is 31.6 Å². The third-order valence-electron chi connectivity index (χ3n) is 3.32. The van der Waals surface area contributed by atoms with E-state index in [1.54, 1.807) is 31.3 Å². The predicted octanol–water partition coefficient (Wildman–Crippen LogP) is 4.48. The molecule has 0 bridgehead atoms. The van der Waals surface area contributed by atoms with Crippen molar-refractivity contribution >= 4 is 30.0 Å². The molecule has 0 radical (unpaired) electrons. The number of nitriles is 1. The molecule has 0 aromatic carbocycles. The second-order valence-corrected chi connectivity index (χ2v) is 7.93. The molecule has 5 nitrogen and oxygen atoms in total. The summed E-state index contributed by atoms with van der Waals surface area (Å²) >= 11 is 1.59. The summed E-state index contributed by atoms with van der Waals surface area (Å²) in [5, 5.41) is 10.6. The van der Waals surface area contributed by atoms with E-state index < -0.39 is 7.60 Å². The van der Waals surface area contributed by atoms with Gasteiger partial charge >= 0.3 is 7.60 Å². The van der Waals surface area contributed by atoms with E-state index in [9.17, 15) is 9.83 Å². The highest BCUT2D eigenvalue weighted by Gasteiger charge is 2.30. The Balaban J connectivity index is 2.24. The molecule has 0 saturated carbocycles. The van der Waals surface area contributed by atoms with Crippen molar-refractivity contribution in [2.24, 2.45) is 0 Å². The Bertz CT molecular complexity index is 605. The third kappa shape index (κ3) is 3.99. The van der Waals surface area contributed by atoms with Crippen molar-refractivity contribution in [3.8, 4) is 6.07 Å². The fraction of sp³-hybridized carbons (Fsp3) is 0.533. The maximum absolute atomic E-state index is 12.7. The van der Waals surface area contributed by atoms with E-state index in [1.165, 1.54) is 17.8 Å². The van der Waals surface area contributed by atoms with Crippen LogP contribution in [0.3, 0.4) is 0 Å². The Hall–Kier alpha value is -1.12. The van der Waals surface area contributed by atoms with Crippen molar-refractivity contribution in [2.45, 2.75) is 26.7 Å². The van der Waals surface area contributed by atoms with E-state index in [-0.39, 0.29) is 18.5 Å². The first-order valence-electron chi connectivity index (χ1n) is 7.49. The lowest BCUT2D eigenvalue weighted by molar-refractivity contribution is 0.227. The van der Waals surface area contributed by atoms with Gasteiger partial charge in [0.1, 0.15) is 11.4 Å². The van der Waals surface area contributed by atoms with Gasteiger partial charge in [-0.2, -0.15) is 5.26 Å². The summed E-state index contributed by atoms with van der Waals surface area (Å²) in [7, 11) is -3.52. The minimum absolute atomic E-state index is 0.0611. The zero-order valence-corrected chi connectivity index (χ0v) is 14.7. The molecule has 1 aromatic heterocycles. The summed E-state index contributed by atoms with van der Waals surface area (Å²) < 4.78 is 23.1. The first-order valence-corrected chi connectivity index (χ1v) is 9.85. The van der Waals surface area contributed by atoms with E-state index in [1.807, 2.05) is 18.2 Å². The van der Waals surface area contributed by atoms with Crippen molar-refractivity contribution in [2.75, 3.05) is 31.2 Å². The van der Waals surface area contributed by atoms with Crippen molar-refractivity contribution < 1.29 is 13.6 Å². The molecular formula is C15H21N2O3PS. The molecule has 0 spiro atoms. The summed E-state index contributed by atoms with van der Waals surface area (Å²) in [5.41, 5.74) is 0. The lowest BCUT2D eigenvalue weighted by Gasteiger charge is -2.15. The van der Waals surface area contributed by atoms with Gasteiger partial charge < -0.3 is 13.9 Å². The molecule has 1 aromatic rings. The van der Waals surface area contributed by atoms with Gasteiger partial charge in [-0.3, -0.25) is 4.57 Å². The zero-order valence-electron chi connectivity index (χ0n) is 12.9. The van der Waals surface area contributed by atoms with Gasteiger partial charge in [-0.25, -0.2) is 0 Å². The topological polar surface area (TPSA) is 62.6 Å². The lowest BCUT2D eigenvalue weighted by Crippen LogP contribution is -2.15. The molecule has 0 atom stereocenters. The molecule has 7 heteroatoms. The van der Waals surface area contributed by atoms with Gasteiger partial charge in [-0.05, 0) is 44.9 Å². The molecule has 2 rings (SSSR count). The van der Waals surface area contributed by atoms with Gasteiger partial charge in [0.05, 0.1) is 18.2 Å². The summed E-state index contributed by atoms with van der Waals surface area (Å²) in [6.45, 7) is 6.09. The van der Waals surface area contributed by atoms with Gasteiger partial charge in [-0.1, -0.05) is 0 Å². The SMILES string of the molecule is CCOP(=O)(OCC)/C(C#N)=C/c1ccc(N2CCCC2)s1. The molecule has 0 aliphatic carbocycles. The Morgan fingerprint density at radius 3 is 2.55 bits per heavy atom. The minimum atomic E-state index is -3.52. The molecule has 22 heavy (non-hydrogen) atoms. The maximum Gasteiger partial charge on any atom is 0.371 e. The van der Waals surface area contributed by atoms with Gasteiger partial charge in [-0.15, -0.1) is 11.3 Å². The van der Waals surface area contributed by atoms with E-state index >= 15 is 0 Å². The van der Waals surface area contributed by atoms with E-state index in [2.05, 4.69) is 4.90 Å². The average Bonchev–Trinajstić information content (AvgIpc) is 3.16. The number of thiophene rings is 1. The highest BCUT2D eigenvalue weighted by atomic mass is 32.1. The second-order valence-electron chi connectivity index (χ2n) is 4.84. The smallest absolute Gasteiger partial charge is 0.363 e. The highest BCUT2D eigenvalue weighted by molar-refractivity contribution is 7.59. The molecule has 2 heterocycles. The molecular weight excluding hydrogens is 319 g/mol. The molecule has 1 aliphatic heterocycles. The van der Waals surface area contributed by atoms with Crippen LogP contribution in [0.4, 0.5) is 5.00 Å². The van der Waals surface area contributed by atoms with Crippen LogP contribution in [0.5, 0.6) is 0 Å². The van der Waals surface area contributed by atoms with Crippen LogP contribution < -0.4 is 4.90 Å². The second kappa shape index (κ2) is 7.94. The van der Waals surface area contributed by atoms with E-state index in [0.717, 1.165) is 18.0 Å². The van der Waals surface area contributed by atoms with Gasteiger partial charge in [0.15, 0.2) is 0 Å². The largest absolute Gasteiger partial charge is 0.371 e. The van der Waals surface area contributed by atoms with Crippen molar-refractivity contribution in [3.63, 3.8) is 0 Å². The zero-order chi connectivity index (χ0) is 16.0.